The number of rotatable bonds is 3. The maximum absolute atomic E-state index is 8.25. The Kier molecular flexibility index (Phi) is 4.59. The Balaban J connectivity index is 3.11. The minimum atomic E-state index is -0.0607. The SMILES string of the molecule is CC(C)(C)C(CN)C(=N)c1ccc(Cl)cc1Cl. The first-order chi connectivity index (χ1) is 7.77. The van der Waals surface area contributed by atoms with Crippen LogP contribution in [0.25, 0.3) is 0 Å². The molecular weight excluding hydrogens is 255 g/mol. The molecule has 3 N–H and O–H groups in total. The van der Waals surface area contributed by atoms with Crippen LogP contribution >= 0.6 is 23.2 Å². The third-order valence-electron chi connectivity index (χ3n) is 2.85. The third kappa shape index (κ3) is 3.44. The van der Waals surface area contributed by atoms with Crippen LogP contribution in [0.1, 0.15) is 26.3 Å². The standard InChI is InChI=1S/C13H18Cl2N2/c1-13(2,3)10(7-16)12(17)9-5-4-8(14)6-11(9)15/h4-6,10,17H,7,16H2,1-3H3. The molecule has 17 heavy (non-hydrogen) atoms. The summed E-state index contributed by atoms with van der Waals surface area (Å²) in [5.41, 5.74) is 6.89. The van der Waals surface area contributed by atoms with E-state index in [1.54, 1.807) is 18.2 Å². The quantitative estimate of drug-likeness (QED) is 0.804. The Morgan fingerprint density at radius 3 is 2.35 bits per heavy atom. The van der Waals surface area contributed by atoms with E-state index in [0.717, 1.165) is 0 Å². The van der Waals surface area contributed by atoms with E-state index in [9.17, 15) is 0 Å². The van der Waals surface area contributed by atoms with Crippen LogP contribution in [-0.2, 0) is 0 Å². The average Bonchev–Trinajstić information content (AvgIpc) is 2.15. The molecule has 1 rings (SSSR count). The maximum Gasteiger partial charge on any atom is 0.0511 e. The maximum atomic E-state index is 8.25. The van der Waals surface area contributed by atoms with Crippen LogP contribution < -0.4 is 5.73 Å². The first kappa shape index (κ1) is 14.5. The fourth-order valence-corrected chi connectivity index (χ4v) is 2.31. The molecule has 0 bridgehead atoms. The largest absolute Gasteiger partial charge is 0.330 e. The monoisotopic (exact) mass is 272 g/mol. The summed E-state index contributed by atoms with van der Waals surface area (Å²) in [5, 5.41) is 9.33. The number of benzene rings is 1. The molecule has 0 saturated heterocycles. The van der Waals surface area contributed by atoms with Crippen molar-refractivity contribution >= 4 is 28.9 Å². The van der Waals surface area contributed by atoms with Crippen molar-refractivity contribution in [2.45, 2.75) is 20.8 Å². The molecule has 0 aliphatic carbocycles. The van der Waals surface area contributed by atoms with Crippen LogP contribution in [0.4, 0.5) is 0 Å². The van der Waals surface area contributed by atoms with Gasteiger partial charge in [-0.15, -0.1) is 0 Å². The molecule has 0 aliphatic heterocycles. The number of hydrogen-bond donors (Lipinski definition) is 2. The normalized spacial score (nSPS) is 13.5. The summed E-state index contributed by atoms with van der Waals surface area (Å²) in [7, 11) is 0. The van der Waals surface area contributed by atoms with Crippen molar-refractivity contribution in [1.82, 2.24) is 0 Å². The van der Waals surface area contributed by atoms with E-state index in [1.165, 1.54) is 0 Å². The first-order valence-corrected chi connectivity index (χ1v) is 6.27. The van der Waals surface area contributed by atoms with Gasteiger partial charge in [0.05, 0.1) is 5.02 Å². The molecule has 0 saturated carbocycles. The zero-order valence-corrected chi connectivity index (χ0v) is 11.9. The highest BCUT2D eigenvalue weighted by Crippen LogP contribution is 2.31. The predicted molar refractivity (Wildman–Crippen MR) is 75.3 cm³/mol. The number of hydrogen-bond acceptors (Lipinski definition) is 2. The van der Waals surface area contributed by atoms with E-state index in [0.29, 0.717) is 27.9 Å². The Morgan fingerprint density at radius 2 is 1.94 bits per heavy atom. The molecule has 0 heterocycles. The van der Waals surface area contributed by atoms with Gasteiger partial charge in [-0.05, 0) is 17.5 Å². The molecule has 1 aromatic carbocycles. The van der Waals surface area contributed by atoms with Crippen LogP contribution in [0.3, 0.4) is 0 Å². The van der Waals surface area contributed by atoms with Gasteiger partial charge in [-0.25, -0.2) is 0 Å². The molecule has 0 amide bonds. The van der Waals surface area contributed by atoms with Crippen LogP contribution in [-0.4, -0.2) is 12.3 Å². The summed E-state index contributed by atoms with van der Waals surface area (Å²) in [6.07, 6.45) is 0. The average molecular weight is 273 g/mol. The highest BCUT2D eigenvalue weighted by Gasteiger charge is 2.28. The van der Waals surface area contributed by atoms with E-state index in [2.05, 4.69) is 20.8 Å². The molecule has 0 spiro atoms. The van der Waals surface area contributed by atoms with Crippen LogP contribution in [0, 0.1) is 16.7 Å². The van der Waals surface area contributed by atoms with Crippen molar-refractivity contribution in [3.63, 3.8) is 0 Å². The number of nitrogens with one attached hydrogen (secondary N) is 1. The number of halogens is 2. The van der Waals surface area contributed by atoms with Crippen molar-refractivity contribution in [2.75, 3.05) is 6.54 Å². The van der Waals surface area contributed by atoms with Gasteiger partial charge in [0.1, 0.15) is 0 Å². The Bertz CT molecular complexity index is 422. The van der Waals surface area contributed by atoms with Crippen LogP contribution in [0.2, 0.25) is 10.0 Å². The van der Waals surface area contributed by atoms with Gasteiger partial charge in [-0.3, -0.25) is 0 Å². The number of nitrogens with two attached hydrogens (primary N) is 1. The summed E-state index contributed by atoms with van der Waals surface area (Å²) in [6.45, 7) is 6.65. The Labute approximate surface area is 113 Å². The molecule has 1 unspecified atom stereocenters. The summed E-state index contributed by atoms with van der Waals surface area (Å²) in [5.74, 6) is -0.0267. The van der Waals surface area contributed by atoms with Crippen LogP contribution in [0.5, 0.6) is 0 Å². The molecule has 0 aliphatic rings. The van der Waals surface area contributed by atoms with E-state index in [-0.39, 0.29) is 11.3 Å². The molecule has 0 fully saturated rings. The summed E-state index contributed by atoms with van der Waals surface area (Å²) in [4.78, 5) is 0. The second kappa shape index (κ2) is 5.38. The van der Waals surface area contributed by atoms with Gasteiger partial charge >= 0.3 is 0 Å². The lowest BCUT2D eigenvalue weighted by Gasteiger charge is -2.30. The van der Waals surface area contributed by atoms with Gasteiger partial charge < -0.3 is 11.1 Å². The topological polar surface area (TPSA) is 49.9 Å². The van der Waals surface area contributed by atoms with Gasteiger partial charge in [0.15, 0.2) is 0 Å². The van der Waals surface area contributed by atoms with E-state index >= 15 is 0 Å². The van der Waals surface area contributed by atoms with E-state index in [4.69, 9.17) is 34.3 Å². The molecule has 1 atom stereocenters. The molecule has 4 heteroatoms. The second-order valence-corrected chi connectivity index (χ2v) is 6.04. The zero-order chi connectivity index (χ0) is 13.2. The molecule has 1 aromatic rings. The van der Waals surface area contributed by atoms with E-state index in [1.807, 2.05) is 0 Å². The van der Waals surface area contributed by atoms with Crippen LogP contribution in [0.15, 0.2) is 18.2 Å². The molecule has 2 nitrogen and oxygen atoms in total. The summed E-state index contributed by atoms with van der Waals surface area (Å²) >= 11 is 12.0. The van der Waals surface area contributed by atoms with Crippen molar-refractivity contribution in [2.24, 2.45) is 17.1 Å². The van der Waals surface area contributed by atoms with Crippen molar-refractivity contribution in [3.8, 4) is 0 Å². The van der Waals surface area contributed by atoms with Gasteiger partial charge in [0.2, 0.25) is 0 Å². The lowest BCUT2D eigenvalue weighted by atomic mass is 9.76. The van der Waals surface area contributed by atoms with Crippen molar-refractivity contribution in [1.29, 1.82) is 5.41 Å². The predicted octanol–water partition coefficient (Wildman–Crippen LogP) is 3.98. The fraction of sp³-hybridized carbons (Fsp3) is 0.462. The van der Waals surface area contributed by atoms with Gasteiger partial charge in [-0.1, -0.05) is 50.0 Å². The van der Waals surface area contributed by atoms with E-state index < -0.39 is 0 Å². The minimum absolute atomic E-state index is 0.0267. The summed E-state index contributed by atoms with van der Waals surface area (Å²) in [6, 6.07) is 5.18. The highest BCUT2D eigenvalue weighted by atomic mass is 35.5. The fourth-order valence-electron chi connectivity index (χ4n) is 1.80. The molecular formula is C13H18Cl2N2. The molecule has 0 radical (unpaired) electrons. The van der Waals surface area contributed by atoms with Crippen molar-refractivity contribution < 1.29 is 0 Å². The zero-order valence-electron chi connectivity index (χ0n) is 10.3. The minimum Gasteiger partial charge on any atom is -0.330 e. The third-order valence-corrected chi connectivity index (χ3v) is 3.40. The van der Waals surface area contributed by atoms with Crippen molar-refractivity contribution in [3.05, 3.63) is 33.8 Å². The first-order valence-electron chi connectivity index (χ1n) is 5.51. The van der Waals surface area contributed by atoms with Gasteiger partial charge in [-0.2, -0.15) is 0 Å². The molecule has 0 aromatic heterocycles. The Morgan fingerprint density at radius 1 is 1.35 bits per heavy atom. The molecule has 94 valence electrons. The lowest BCUT2D eigenvalue weighted by Crippen LogP contribution is -2.35. The smallest absolute Gasteiger partial charge is 0.0511 e. The van der Waals surface area contributed by atoms with Gasteiger partial charge in [0.25, 0.3) is 0 Å². The highest BCUT2D eigenvalue weighted by molar-refractivity contribution is 6.37. The summed E-state index contributed by atoms with van der Waals surface area (Å²) < 4.78 is 0. The lowest BCUT2D eigenvalue weighted by molar-refractivity contribution is 0.318. The Hall–Kier alpha value is -0.570. The van der Waals surface area contributed by atoms with Gasteiger partial charge in [0, 0.05) is 28.8 Å². The second-order valence-electron chi connectivity index (χ2n) is 5.19.